The number of aliphatic hydroxyl groups excluding tert-OH is 4. The Hall–Kier alpha value is -3.64. The number of carbonyl (C=O) groups is 2. The van der Waals surface area contributed by atoms with E-state index in [1.54, 1.807) is 24.3 Å². The van der Waals surface area contributed by atoms with Gasteiger partial charge in [-0.05, 0) is 29.8 Å². The monoisotopic (exact) mass is 660 g/mol. The van der Waals surface area contributed by atoms with Gasteiger partial charge in [0.25, 0.3) is 0 Å². The molecule has 4 aliphatic heterocycles. The van der Waals surface area contributed by atoms with Gasteiger partial charge in [-0.25, -0.2) is 9.59 Å². The summed E-state index contributed by atoms with van der Waals surface area (Å²) in [4.78, 5) is 25.4. The maximum absolute atomic E-state index is 13.1. The molecule has 0 spiro atoms. The second kappa shape index (κ2) is 13.5. The van der Waals surface area contributed by atoms with E-state index in [2.05, 4.69) is 0 Å². The maximum atomic E-state index is 13.1. The first-order chi connectivity index (χ1) is 22.5. The second-order valence-corrected chi connectivity index (χ2v) is 11.9. The third-order valence-electron chi connectivity index (χ3n) is 9.01. The zero-order valence-electron chi connectivity index (χ0n) is 25.1. The van der Waals surface area contributed by atoms with Crippen molar-refractivity contribution >= 4 is 18.0 Å². The lowest BCUT2D eigenvalue weighted by molar-refractivity contribution is -0.371. The van der Waals surface area contributed by atoms with E-state index in [9.17, 15) is 40.2 Å². The summed E-state index contributed by atoms with van der Waals surface area (Å²) in [6.07, 6.45) is -10.6. The van der Waals surface area contributed by atoms with E-state index in [4.69, 9.17) is 33.2 Å². The molecule has 0 unspecified atom stereocenters. The van der Waals surface area contributed by atoms with Crippen LogP contribution in [0.5, 0.6) is 11.5 Å². The molecule has 6 N–H and O–H groups in total. The third kappa shape index (κ3) is 6.46. The van der Waals surface area contributed by atoms with Crippen LogP contribution in [0.4, 0.5) is 0 Å². The smallest absolute Gasteiger partial charge is 0.338 e. The summed E-state index contributed by atoms with van der Waals surface area (Å²) in [5.41, 5.74) is -1.29. The van der Waals surface area contributed by atoms with Gasteiger partial charge in [0.1, 0.15) is 36.6 Å². The van der Waals surface area contributed by atoms with Crippen molar-refractivity contribution in [3.63, 3.8) is 0 Å². The summed E-state index contributed by atoms with van der Waals surface area (Å²) in [5, 5.41) is 64.9. The molecule has 5 fully saturated rings. The van der Waals surface area contributed by atoms with Crippen LogP contribution in [0.25, 0.3) is 6.08 Å². The van der Waals surface area contributed by atoms with Crippen LogP contribution in [0, 0.1) is 11.8 Å². The van der Waals surface area contributed by atoms with Crippen LogP contribution in [0.2, 0.25) is 0 Å². The van der Waals surface area contributed by atoms with Gasteiger partial charge >= 0.3 is 11.9 Å². The Morgan fingerprint density at radius 2 is 1.74 bits per heavy atom. The number of hydrogen-bond acceptors (Lipinski definition) is 15. The first kappa shape index (κ1) is 33.3. The van der Waals surface area contributed by atoms with Crippen LogP contribution >= 0.6 is 0 Å². The van der Waals surface area contributed by atoms with Crippen LogP contribution in [0.1, 0.15) is 22.3 Å². The first-order valence-electron chi connectivity index (χ1n) is 15.0. The molecule has 2 aromatic carbocycles. The number of hydrogen-bond donors (Lipinski definition) is 6. The van der Waals surface area contributed by atoms with Crippen molar-refractivity contribution in [2.45, 2.75) is 67.5 Å². The standard InChI is InChI=1S/C32H36O15/c1-41-19-11-16(8-9-18(19)33)29(39)46-28-24(35)17-12-22-43-14-32(28,40)23(17)30(45-22)47-31-27(38)26(37)25(36)20(44-31)13-42-21(34)10-7-15-5-3-2-4-6-15/h2-11,17,20,22-28,30-31,33,35-38,40H,12-14H2,1H3/t17-,20-,22-,23-,24+,25-,26+,27-,28-,30+,31+,32+/m1/s1. The SMILES string of the molecule is COc1cc(C(=O)O[C@@H]2[C@@H](O)[C@@H]3C[C@@H]4OC[C@]2(O)[C@H]3[C@H](O[C@@H]2O[C@H](COC(=O)C=Cc3ccccc3)[C@@H](O)[C@H](O)[C@H]2O)O4)ccc1O. The number of esters is 2. The molecule has 15 heteroatoms. The number of benzene rings is 2. The predicted octanol–water partition coefficient (Wildman–Crippen LogP) is -0.552. The summed E-state index contributed by atoms with van der Waals surface area (Å²) < 4.78 is 39.1. The molecular weight excluding hydrogens is 624 g/mol. The minimum absolute atomic E-state index is 0.0135. The maximum Gasteiger partial charge on any atom is 0.338 e. The fourth-order valence-corrected chi connectivity index (χ4v) is 6.56. The van der Waals surface area contributed by atoms with Crippen molar-refractivity contribution in [2.75, 3.05) is 20.3 Å². The second-order valence-electron chi connectivity index (χ2n) is 11.9. The van der Waals surface area contributed by atoms with Crippen LogP contribution in [0.15, 0.2) is 54.6 Å². The minimum Gasteiger partial charge on any atom is -0.504 e. The number of ether oxygens (including phenoxy) is 7. The van der Waals surface area contributed by atoms with E-state index in [1.165, 1.54) is 37.5 Å². The lowest BCUT2D eigenvalue weighted by Gasteiger charge is -2.44. The van der Waals surface area contributed by atoms with E-state index in [1.807, 2.05) is 6.07 Å². The third-order valence-corrected chi connectivity index (χ3v) is 9.01. The Kier molecular flexibility index (Phi) is 9.53. The van der Waals surface area contributed by atoms with Gasteiger partial charge in [0, 0.05) is 18.4 Å². The molecule has 0 amide bonds. The van der Waals surface area contributed by atoms with E-state index < -0.39 is 98.1 Å². The van der Waals surface area contributed by atoms with Gasteiger partial charge in [-0.15, -0.1) is 0 Å². The molecule has 0 radical (unpaired) electrons. The summed E-state index contributed by atoms with van der Waals surface area (Å²) in [7, 11) is 1.31. The Balaban J connectivity index is 1.15. The summed E-state index contributed by atoms with van der Waals surface area (Å²) in [5.74, 6) is -3.68. The number of rotatable bonds is 9. The lowest BCUT2D eigenvalue weighted by Crippen LogP contribution is -2.61. The molecule has 4 heterocycles. The number of phenolic OH excluding ortho intramolecular Hbond substituents is 1. The van der Waals surface area contributed by atoms with Crippen LogP contribution in [-0.4, -0.2) is 124 Å². The normalized spacial score (nSPS) is 37.8. The number of aliphatic hydroxyl groups is 5. The summed E-state index contributed by atoms with van der Waals surface area (Å²) >= 11 is 0. The largest absolute Gasteiger partial charge is 0.504 e. The summed E-state index contributed by atoms with van der Waals surface area (Å²) in [6, 6.07) is 12.8. The van der Waals surface area contributed by atoms with Crippen LogP contribution in [-0.2, 0) is 33.2 Å². The molecular formula is C32H36O15. The van der Waals surface area contributed by atoms with E-state index in [-0.39, 0.29) is 23.5 Å². The Bertz CT molecular complexity index is 1470. The van der Waals surface area contributed by atoms with Crippen LogP contribution in [0.3, 0.4) is 0 Å². The van der Waals surface area contributed by atoms with Gasteiger partial charge < -0.3 is 63.8 Å². The fraction of sp³-hybridized carbons (Fsp3) is 0.500. The minimum atomic E-state index is -2.03. The zero-order chi connectivity index (χ0) is 33.5. The van der Waals surface area contributed by atoms with Gasteiger partial charge in [-0.1, -0.05) is 30.3 Å². The molecule has 12 atom stereocenters. The summed E-state index contributed by atoms with van der Waals surface area (Å²) in [6.45, 7) is -0.911. The number of aromatic hydroxyl groups is 1. The Morgan fingerprint density at radius 3 is 2.49 bits per heavy atom. The molecule has 5 aliphatic rings. The van der Waals surface area contributed by atoms with E-state index in [0.717, 1.165) is 5.56 Å². The molecule has 4 bridgehead atoms. The number of carbonyl (C=O) groups excluding carboxylic acids is 2. The highest BCUT2D eigenvalue weighted by Gasteiger charge is 2.69. The highest BCUT2D eigenvalue weighted by atomic mass is 16.8. The molecule has 2 aromatic rings. The predicted molar refractivity (Wildman–Crippen MR) is 155 cm³/mol. The van der Waals surface area contributed by atoms with Crippen molar-refractivity contribution < 1.29 is 73.4 Å². The molecule has 7 rings (SSSR count). The molecule has 254 valence electrons. The van der Waals surface area contributed by atoms with Crippen molar-refractivity contribution in [1.82, 2.24) is 0 Å². The molecule has 15 nitrogen and oxygen atoms in total. The van der Waals surface area contributed by atoms with Gasteiger partial charge in [0.05, 0.1) is 31.3 Å². The number of fused-ring (bicyclic) bond motifs is 2. The fourth-order valence-electron chi connectivity index (χ4n) is 6.56. The van der Waals surface area contributed by atoms with E-state index in [0.29, 0.717) is 0 Å². The molecule has 1 saturated carbocycles. The molecule has 0 aromatic heterocycles. The number of phenols is 1. The topological polar surface area (TPSA) is 220 Å². The molecule has 1 aliphatic carbocycles. The zero-order valence-corrected chi connectivity index (χ0v) is 25.1. The average molecular weight is 661 g/mol. The van der Waals surface area contributed by atoms with Crippen molar-refractivity contribution in [3.05, 3.63) is 65.7 Å². The number of methoxy groups -OCH3 is 1. The van der Waals surface area contributed by atoms with E-state index >= 15 is 0 Å². The lowest BCUT2D eigenvalue weighted by atomic mass is 9.82. The highest BCUT2D eigenvalue weighted by molar-refractivity contribution is 5.90. The van der Waals surface area contributed by atoms with Crippen molar-refractivity contribution in [1.29, 1.82) is 0 Å². The Morgan fingerprint density at radius 1 is 0.979 bits per heavy atom. The Labute approximate surface area is 268 Å². The quantitative estimate of drug-likeness (QED) is 0.147. The van der Waals surface area contributed by atoms with Crippen molar-refractivity contribution in [2.24, 2.45) is 11.8 Å². The van der Waals surface area contributed by atoms with Gasteiger partial charge in [0.15, 0.2) is 36.5 Å². The molecule has 47 heavy (non-hydrogen) atoms. The first-order valence-corrected chi connectivity index (χ1v) is 15.0. The van der Waals surface area contributed by atoms with Gasteiger partial charge in [-0.3, -0.25) is 0 Å². The highest BCUT2D eigenvalue weighted by Crippen LogP contribution is 2.53. The molecule has 4 saturated heterocycles. The van der Waals surface area contributed by atoms with Crippen LogP contribution < -0.4 is 4.74 Å². The van der Waals surface area contributed by atoms with Crippen molar-refractivity contribution in [3.8, 4) is 11.5 Å². The van der Waals surface area contributed by atoms with Gasteiger partial charge in [-0.2, -0.15) is 0 Å². The van der Waals surface area contributed by atoms with Gasteiger partial charge in [0.2, 0.25) is 0 Å². The average Bonchev–Trinajstić information content (AvgIpc) is 3.17.